The second-order valence-corrected chi connectivity index (χ2v) is 6.04. The fourth-order valence-electron chi connectivity index (χ4n) is 1.42. The molecule has 0 aliphatic heterocycles. The van der Waals surface area contributed by atoms with E-state index in [0.29, 0.717) is 11.3 Å². The third-order valence-corrected chi connectivity index (χ3v) is 3.95. The number of anilines is 1. The Morgan fingerprint density at radius 1 is 1.21 bits per heavy atom. The fourth-order valence-corrected chi connectivity index (χ4v) is 2.81. The van der Waals surface area contributed by atoms with E-state index in [9.17, 15) is 21.6 Å². The quantitative estimate of drug-likeness (QED) is 0.817. The van der Waals surface area contributed by atoms with Gasteiger partial charge in [0.15, 0.2) is 0 Å². The minimum atomic E-state index is -4.34. The van der Waals surface area contributed by atoms with E-state index >= 15 is 0 Å². The van der Waals surface area contributed by atoms with Crippen LogP contribution in [-0.2, 0) is 15.9 Å². The van der Waals surface area contributed by atoms with Gasteiger partial charge in [0, 0.05) is 12.3 Å². The van der Waals surface area contributed by atoms with E-state index in [-0.39, 0.29) is 5.88 Å². The molecule has 19 heavy (non-hydrogen) atoms. The Kier molecular flexibility index (Phi) is 5.49. The van der Waals surface area contributed by atoms with Crippen LogP contribution in [0.2, 0.25) is 0 Å². The number of nitrogens with one attached hydrogen (secondary N) is 1. The Balaban J connectivity index is 2.64. The molecule has 0 aliphatic carbocycles. The molecule has 3 nitrogen and oxygen atoms in total. The van der Waals surface area contributed by atoms with Crippen LogP contribution < -0.4 is 4.72 Å². The Morgan fingerprint density at radius 2 is 1.84 bits per heavy atom. The van der Waals surface area contributed by atoms with Gasteiger partial charge in [-0.3, -0.25) is 4.72 Å². The van der Waals surface area contributed by atoms with E-state index in [2.05, 4.69) is 4.72 Å². The highest BCUT2D eigenvalue weighted by atomic mass is 35.5. The maximum absolute atomic E-state index is 11.9. The zero-order valence-electron chi connectivity index (χ0n) is 9.87. The summed E-state index contributed by atoms with van der Waals surface area (Å²) in [7, 11) is -3.80. The molecular weight excluding hydrogens is 303 g/mol. The van der Waals surface area contributed by atoms with Crippen LogP contribution in [0, 0.1) is 0 Å². The SMILES string of the molecule is O=S(=O)(CCCC(F)(F)F)Nc1ccccc1CCl. The first-order valence-electron chi connectivity index (χ1n) is 5.44. The fraction of sp³-hybridized carbons (Fsp3) is 0.455. The second-order valence-electron chi connectivity index (χ2n) is 3.93. The summed E-state index contributed by atoms with van der Waals surface area (Å²) in [5, 5.41) is 0. The number of para-hydroxylation sites is 1. The highest BCUT2D eigenvalue weighted by Crippen LogP contribution is 2.23. The van der Waals surface area contributed by atoms with Crippen molar-refractivity contribution in [2.45, 2.75) is 24.9 Å². The van der Waals surface area contributed by atoms with Gasteiger partial charge in [0.25, 0.3) is 0 Å². The second kappa shape index (κ2) is 6.47. The summed E-state index contributed by atoms with van der Waals surface area (Å²) >= 11 is 5.64. The minimum absolute atomic E-state index is 0.112. The Bertz CT molecular complexity index is 517. The van der Waals surface area contributed by atoms with Crippen LogP contribution in [0.3, 0.4) is 0 Å². The summed E-state index contributed by atoms with van der Waals surface area (Å²) in [5.41, 5.74) is 0.869. The Morgan fingerprint density at radius 3 is 2.42 bits per heavy atom. The van der Waals surface area contributed by atoms with Gasteiger partial charge in [0.2, 0.25) is 10.0 Å². The van der Waals surface area contributed by atoms with E-state index in [1.807, 2.05) is 0 Å². The molecule has 0 spiro atoms. The van der Waals surface area contributed by atoms with Crippen LogP contribution >= 0.6 is 11.6 Å². The van der Waals surface area contributed by atoms with Crippen molar-refractivity contribution in [1.82, 2.24) is 0 Å². The standard InChI is InChI=1S/C11H13ClF3NO2S/c12-8-9-4-1-2-5-10(9)16-19(17,18)7-3-6-11(13,14)15/h1-2,4-5,16H,3,6-8H2. The van der Waals surface area contributed by atoms with Crippen molar-refractivity contribution in [3.63, 3.8) is 0 Å². The van der Waals surface area contributed by atoms with Gasteiger partial charge in [-0.25, -0.2) is 8.42 Å². The highest BCUT2D eigenvalue weighted by molar-refractivity contribution is 7.92. The van der Waals surface area contributed by atoms with Gasteiger partial charge >= 0.3 is 6.18 Å². The maximum Gasteiger partial charge on any atom is 0.389 e. The number of hydrogen-bond acceptors (Lipinski definition) is 2. The molecule has 1 aromatic rings. The van der Waals surface area contributed by atoms with Gasteiger partial charge in [-0.15, -0.1) is 11.6 Å². The van der Waals surface area contributed by atoms with Crippen LogP contribution in [-0.4, -0.2) is 20.3 Å². The predicted molar refractivity (Wildman–Crippen MR) is 68.7 cm³/mol. The lowest BCUT2D eigenvalue weighted by Crippen LogP contribution is -2.19. The molecule has 0 aromatic heterocycles. The van der Waals surface area contributed by atoms with Gasteiger partial charge in [-0.05, 0) is 18.1 Å². The molecule has 0 unspecified atom stereocenters. The summed E-state index contributed by atoms with van der Waals surface area (Å²) in [6.07, 6.45) is -5.93. The molecule has 8 heteroatoms. The molecule has 1 N–H and O–H groups in total. The van der Waals surface area contributed by atoms with Crippen LogP contribution in [0.5, 0.6) is 0 Å². The molecule has 0 heterocycles. The molecule has 0 fully saturated rings. The maximum atomic E-state index is 11.9. The first-order chi connectivity index (χ1) is 8.73. The van der Waals surface area contributed by atoms with Crippen molar-refractivity contribution < 1.29 is 21.6 Å². The molecule has 1 aromatic carbocycles. The van der Waals surface area contributed by atoms with Gasteiger partial charge in [0.1, 0.15) is 0 Å². The smallest absolute Gasteiger partial charge is 0.283 e. The monoisotopic (exact) mass is 315 g/mol. The van der Waals surface area contributed by atoms with Crippen LogP contribution in [0.1, 0.15) is 18.4 Å². The van der Waals surface area contributed by atoms with E-state index in [4.69, 9.17) is 11.6 Å². The molecule has 0 bridgehead atoms. The number of alkyl halides is 4. The van der Waals surface area contributed by atoms with Crippen molar-refractivity contribution in [1.29, 1.82) is 0 Å². The molecular formula is C11H13ClF3NO2S. The lowest BCUT2D eigenvalue weighted by Gasteiger charge is -2.11. The van der Waals surface area contributed by atoms with Crippen LogP contribution in [0.25, 0.3) is 0 Å². The summed E-state index contributed by atoms with van der Waals surface area (Å²) in [6, 6.07) is 6.46. The van der Waals surface area contributed by atoms with Gasteiger partial charge in [0.05, 0.1) is 11.4 Å². The summed E-state index contributed by atoms with van der Waals surface area (Å²) in [6.45, 7) is 0. The van der Waals surface area contributed by atoms with E-state index in [1.165, 1.54) is 6.07 Å². The zero-order valence-corrected chi connectivity index (χ0v) is 11.4. The molecule has 0 aliphatic rings. The van der Waals surface area contributed by atoms with Crippen molar-refractivity contribution >= 4 is 27.3 Å². The van der Waals surface area contributed by atoms with Gasteiger partial charge in [-0.1, -0.05) is 18.2 Å². The van der Waals surface area contributed by atoms with Crippen LogP contribution in [0.15, 0.2) is 24.3 Å². The molecule has 0 amide bonds. The number of rotatable bonds is 6. The van der Waals surface area contributed by atoms with Crippen molar-refractivity contribution in [2.24, 2.45) is 0 Å². The van der Waals surface area contributed by atoms with Gasteiger partial charge < -0.3 is 0 Å². The minimum Gasteiger partial charge on any atom is -0.283 e. The van der Waals surface area contributed by atoms with Crippen molar-refractivity contribution in [3.8, 4) is 0 Å². The van der Waals surface area contributed by atoms with E-state index in [1.54, 1.807) is 18.2 Å². The zero-order chi connectivity index (χ0) is 14.5. The molecule has 1 rings (SSSR count). The molecule has 108 valence electrons. The predicted octanol–water partition coefficient (Wildman–Crippen LogP) is 3.51. The molecule has 0 radical (unpaired) electrons. The molecule has 0 saturated carbocycles. The number of hydrogen-bond donors (Lipinski definition) is 1. The van der Waals surface area contributed by atoms with Crippen LogP contribution in [0.4, 0.5) is 18.9 Å². The van der Waals surface area contributed by atoms with Crippen molar-refractivity contribution in [2.75, 3.05) is 10.5 Å². The summed E-state index contributed by atoms with van der Waals surface area (Å²) in [5.74, 6) is -0.468. The molecule has 0 saturated heterocycles. The van der Waals surface area contributed by atoms with E-state index < -0.39 is 34.8 Å². The lowest BCUT2D eigenvalue weighted by molar-refractivity contribution is -0.134. The first kappa shape index (κ1) is 16.1. The Labute approximate surface area is 114 Å². The van der Waals surface area contributed by atoms with E-state index in [0.717, 1.165) is 0 Å². The molecule has 0 atom stereocenters. The third-order valence-electron chi connectivity index (χ3n) is 2.30. The summed E-state index contributed by atoms with van der Waals surface area (Å²) < 4.78 is 61.3. The lowest BCUT2D eigenvalue weighted by atomic mass is 10.2. The normalized spacial score (nSPS) is 12.4. The Hall–Kier alpha value is -0.950. The topological polar surface area (TPSA) is 46.2 Å². The average Bonchev–Trinajstić information content (AvgIpc) is 2.27. The largest absolute Gasteiger partial charge is 0.389 e. The average molecular weight is 316 g/mol. The number of halogens is 4. The third kappa shape index (κ3) is 6.15. The number of sulfonamides is 1. The highest BCUT2D eigenvalue weighted by Gasteiger charge is 2.27. The summed E-state index contributed by atoms with van der Waals surface area (Å²) in [4.78, 5) is 0. The van der Waals surface area contributed by atoms with Crippen molar-refractivity contribution in [3.05, 3.63) is 29.8 Å². The number of benzene rings is 1. The van der Waals surface area contributed by atoms with Gasteiger partial charge in [-0.2, -0.15) is 13.2 Å². The first-order valence-corrected chi connectivity index (χ1v) is 7.63.